The van der Waals surface area contributed by atoms with Crippen LogP contribution < -0.4 is 14.9 Å². The van der Waals surface area contributed by atoms with Gasteiger partial charge in [-0.2, -0.15) is 5.10 Å². The molecule has 0 saturated carbocycles. The topological polar surface area (TPSA) is 103 Å². The molecule has 0 saturated heterocycles. The lowest BCUT2D eigenvalue weighted by atomic mass is 10.1. The fourth-order valence-corrected chi connectivity index (χ4v) is 3.68. The molecule has 3 aromatic rings. The van der Waals surface area contributed by atoms with Crippen molar-refractivity contribution in [3.8, 4) is 11.5 Å². The molecular formula is C23H19BrClN3O5. The number of carbonyl (C=O) groups is 1. The van der Waals surface area contributed by atoms with E-state index in [0.29, 0.717) is 33.2 Å². The van der Waals surface area contributed by atoms with Crippen molar-refractivity contribution in [1.82, 2.24) is 5.43 Å². The van der Waals surface area contributed by atoms with Gasteiger partial charge >= 0.3 is 0 Å². The molecule has 3 rings (SSSR count). The Kier molecular flexibility index (Phi) is 8.02. The second-order valence-corrected chi connectivity index (χ2v) is 8.15. The molecule has 1 N–H and O–H groups in total. The molecule has 8 nitrogen and oxygen atoms in total. The second kappa shape index (κ2) is 10.9. The number of nitrogens with zero attached hydrogens (tertiary/aromatic N) is 2. The molecule has 0 fully saturated rings. The number of rotatable bonds is 8. The van der Waals surface area contributed by atoms with Crippen molar-refractivity contribution in [3.63, 3.8) is 0 Å². The molecule has 3 aromatic carbocycles. The van der Waals surface area contributed by atoms with Crippen molar-refractivity contribution in [1.29, 1.82) is 0 Å². The standard InChI is InChI=1S/C23H19BrClN3O5/c1-14-18(4-3-5-20(14)28(30)31)23(29)27-26-12-16-10-19(24)22(21(11-16)32-2)33-13-15-6-8-17(25)9-7-15/h3-12H,13H2,1-2H3,(H,27,29)/b26-12+. The zero-order valence-corrected chi connectivity index (χ0v) is 20.0. The molecule has 0 spiro atoms. The van der Waals surface area contributed by atoms with Crippen molar-refractivity contribution in [2.45, 2.75) is 13.5 Å². The van der Waals surface area contributed by atoms with E-state index >= 15 is 0 Å². The van der Waals surface area contributed by atoms with E-state index in [1.807, 2.05) is 12.1 Å². The Morgan fingerprint density at radius 1 is 1.24 bits per heavy atom. The fraction of sp³-hybridized carbons (Fsp3) is 0.130. The van der Waals surface area contributed by atoms with E-state index in [2.05, 4.69) is 26.5 Å². The predicted octanol–water partition coefficient (Wildman–Crippen LogP) is 5.67. The van der Waals surface area contributed by atoms with Gasteiger partial charge in [-0.25, -0.2) is 5.43 Å². The average molecular weight is 533 g/mol. The van der Waals surface area contributed by atoms with Gasteiger partial charge in [0.1, 0.15) is 6.61 Å². The van der Waals surface area contributed by atoms with Crippen LogP contribution in [0.4, 0.5) is 5.69 Å². The lowest BCUT2D eigenvalue weighted by Crippen LogP contribution is -2.19. The number of nitrogens with one attached hydrogen (secondary N) is 1. The first kappa shape index (κ1) is 24.2. The maximum absolute atomic E-state index is 12.4. The second-order valence-electron chi connectivity index (χ2n) is 6.86. The van der Waals surface area contributed by atoms with Crippen LogP contribution in [0.15, 0.2) is 64.2 Å². The number of halogens is 2. The lowest BCUT2D eigenvalue weighted by molar-refractivity contribution is -0.385. The van der Waals surface area contributed by atoms with Crippen molar-refractivity contribution >= 4 is 45.3 Å². The molecule has 33 heavy (non-hydrogen) atoms. The first-order chi connectivity index (χ1) is 15.8. The molecule has 10 heteroatoms. The summed E-state index contributed by atoms with van der Waals surface area (Å²) in [6, 6.07) is 15.1. The Labute approximate surface area is 203 Å². The smallest absolute Gasteiger partial charge is 0.273 e. The van der Waals surface area contributed by atoms with Crippen molar-refractivity contribution < 1.29 is 19.2 Å². The van der Waals surface area contributed by atoms with Crippen LogP contribution in [0.2, 0.25) is 5.02 Å². The molecule has 0 aromatic heterocycles. The van der Waals surface area contributed by atoms with Gasteiger partial charge in [0.25, 0.3) is 11.6 Å². The Bertz CT molecular complexity index is 1220. The van der Waals surface area contributed by atoms with Crippen LogP contribution in [0, 0.1) is 17.0 Å². The van der Waals surface area contributed by atoms with Crippen LogP contribution in [-0.2, 0) is 6.61 Å². The third kappa shape index (κ3) is 6.09. The van der Waals surface area contributed by atoms with E-state index in [-0.39, 0.29) is 16.8 Å². The average Bonchev–Trinajstić information content (AvgIpc) is 2.79. The Morgan fingerprint density at radius 3 is 2.64 bits per heavy atom. The monoisotopic (exact) mass is 531 g/mol. The van der Waals surface area contributed by atoms with E-state index in [4.69, 9.17) is 21.1 Å². The summed E-state index contributed by atoms with van der Waals surface area (Å²) in [4.78, 5) is 22.9. The third-order valence-corrected chi connectivity index (χ3v) is 5.52. The Hall–Kier alpha value is -3.43. The van der Waals surface area contributed by atoms with Gasteiger partial charge in [-0.3, -0.25) is 14.9 Å². The zero-order chi connectivity index (χ0) is 24.0. The summed E-state index contributed by atoms with van der Waals surface area (Å²) in [5.41, 5.74) is 4.27. The minimum Gasteiger partial charge on any atom is -0.493 e. The summed E-state index contributed by atoms with van der Waals surface area (Å²) in [7, 11) is 1.52. The number of amides is 1. The Morgan fingerprint density at radius 2 is 1.97 bits per heavy atom. The van der Waals surface area contributed by atoms with Gasteiger partial charge in [0.2, 0.25) is 0 Å². The molecule has 0 bridgehead atoms. The maximum Gasteiger partial charge on any atom is 0.273 e. The first-order valence-electron chi connectivity index (χ1n) is 9.62. The highest BCUT2D eigenvalue weighted by molar-refractivity contribution is 9.10. The summed E-state index contributed by atoms with van der Waals surface area (Å²) < 4.78 is 12.0. The molecule has 0 aliphatic rings. The summed E-state index contributed by atoms with van der Waals surface area (Å²) in [6.07, 6.45) is 1.43. The number of hydrogen-bond donors (Lipinski definition) is 1. The van der Waals surface area contributed by atoms with Gasteiger partial charge in [0.05, 0.1) is 28.3 Å². The van der Waals surface area contributed by atoms with Crippen LogP contribution >= 0.6 is 27.5 Å². The number of nitro groups is 1. The number of ether oxygens (including phenoxy) is 2. The van der Waals surface area contributed by atoms with Crippen LogP contribution in [-0.4, -0.2) is 24.2 Å². The molecule has 0 radical (unpaired) electrons. The number of hydrazone groups is 1. The van der Waals surface area contributed by atoms with Gasteiger partial charge in [0.15, 0.2) is 11.5 Å². The number of hydrogen-bond acceptors (Lipinski definition) is 6. The van der Waals surface area contributed by atoms with E-state index in [1.165, 1.54) is 38.4 Å². The SMILES string of the molecule is COc1cc(/C=N/NC(=O)c2cccc([N+](=O)[O-])c2C)cc(Br)c1OCc1ccc(Cl)cc1. The van der Waals surface area contributed by atoms with Crippen LogP contribution in [0.1, 0.15) is 27.0 Å². The van der Waals surface area contributed by atoms with Gasteiger partial charge < -0.3 is 9.47 Å². The molecule has 0 heterocycles. The van der Waals surface area contributed by atoms with Gasteiger partial charge in [-0.05, 0) is 64.3 Å². The number of benzene rings is 3. The molecule has 1 amide bonds. The highest BCUT2D eigenvalue weighted by Gasteiger charge is 2.17. The quantitative estimate of drug-likeness (QED) is 0.229. The maximum atomic E-state index is 12.4. The molecule has 0 aliphatic carbocycles. The summed E-state index contributed by atoms with van der Waals surface area (Å²) in [5, 5.41) is 15.7. The van der Waals surface area contributed by atoms with Crippen LogP contribution in [0.25, 0.3) is 0 Å². The molecule has 0 unspecified atom stereocenters. The number of nitro benzene ring substituents is 1. The highest BCUT2D eigenvalue weighted by atomic mass is 79.9. The molecule has 0 atom stereocenters. The van der Waals surface area contributed by atoms with E-state index < -0.39 is 10.8 Å². The van der Waals surface area contributed by atoms with Crippen LogP contribution in [0.5, 0.6) is 11.5 Å². The minimum atomic E-state index is -0.554. The normalized spacial score (nSPS) is 10.8. The largest absolute Gasteiger partial charge is 0.493 e. The third-order valence-electron chi connectivity index (χ3n) is 4.67. The number of carbonyl (C=O) groups excluding carboxylic acids is 1. The minimum absolute atomic E-state index is 0.130. The predicted molar refractivity (Wildman–Crippen MR) is 129 cm³/mol. The van der Waals surface area contributed by atoms with Crippen LogP contribution in [0.3, 0.4) is 0 Å². The van der Waals surface area contributed by atoms with E-state index in [9.17, 15) is 14.9 Å². The van der Waals surface area contributed by atoms with Gasteiger partial charge in [-0.1, -0.05) is 29.8 Å². The lowest BCUT2D eigenvalue weighted by Gasteiger charge is -2.13. The van der Waals surface area contributed by atoms with E-state index in [1.54, 1.807) is 24.3 Å². The summed E-state index contributed by atoms with van der Waals surface area (Å²) >= 11 is 9.38. The Balaban J connectivity index is 1.71. The van der Waals surface area contributed by atoms with Crippen molar-refractivity contribution in [2.24, 2.45) is 5.10 Å². The molecule has 0 aliphatic heterocycles. The first-order valence-corrected chi connectivity index (χ1v) is 10.8. The van der Waals surface area contributed by atoms with Gasteiger partial charge in [0, 0.05) is 16.7 Å². The molecule has 170 valence electrons. The highest BCUT2D eigenvalue weighted by Crippen LogP contribution is 2.37. The van der Waals surface area contributed by atoms with Crippen molar-refractivity contribution in [3.05, 3.63) is 96.5 Å². The zero-order valence-electron chi connectivity index (χ0n) is 17.7. The van der Waals surface area contributed by atoms with Gasteiger partial charge in [-0.15, -0.1) is 0 Å². The summed E-state index contributed by atoms with van der Waals surface area (Å²) in [5.74, 6) is 0.433. The number of methoxy groups -OCH3 is 1. The van der Waals surface area contributed by atoms with Crippen molar-refractivity contribution in [2.75, 3.05) is 7.11 Å². The molecular weight excluding hydrogens is 514 g/mol. The van der Waals surface area contributed by atoms with E-state index in [0.717, 1.165) is 5.56 Å². The summed E-state index contributed by atoms with van der Waals surface area (Å²) in [6.45, 7) is 1.83. The fourth-order valence-electron chi connectivity index (χ4n) is 2.98.